The van der Waals surface area contributed by atoms with E-state index in [9.17, 15) is 4.79 Å². The number of halogens is 2. The first-order valence-electron chi connectivity index (χ1n) is 7.84. The van der Waals surface area contributed by atoms with Crippen molar-refractivity contribution < 1.29 is 9.53 Å². The predicted octanol–water partition coefficient (Wildman–Crippen LogP) is 5.15. The van der Waals surface area contributed by atoms with Crippen molar-refractivity contribution in [1.29, 1.82) is 0 Å². The lowest BCUT2D eigenvalue weighted by atomic mass is 10.1. The SMILES string of the molecule is CCOc1ccc(CC(=O)N(C)C(C)c2ccc(Cl)cc2Cl)cc1. The Hall–Kier alpha value is -1.71. The predicted molar refractivity (Wildman–Crippen MR) is 99.0 cm³/mol. The van der Waals surface area contributed by atoms with Crippen LogP contribution in [-0.2, 0) is 11.2 Å². The van der Waals surface area contributed by atoms with Gasteiger partial charge < -0.3 is 9.64 Å². The molecule has 0 radical (unpaired) electrons. The van der Waals surface area contributed by atoms with E-state index in [2.05, 4.69) is 0 Å². The number of carbonyl (C=O) groups is 1. The highest BCUT2D eigenvalue weighted by molar-refractivity contribution is 6.35. The fourth-order valence-electron chi connectivity index (χ4n) is 2.43. The van der Waals surface area contributed by atoms with Crippen molar-refractivity contribution in [1.82, 2.24) is 4.90 Å². The average molecular weight is 366 g/mol. The van der Waals surface area contributed by atoms with Crippen molar-refractivity contribution in [2.75, 3.05) is 13.7 Å². The third kappa shape index (κ3) is 4.65. The summed E-state index contributed by atoms with van der Waals surface area (Å²) in [5.41, 5.74) is 1.83. The molecule has 0 heterocycles. The van der Waals surface area contributed by atoms with Gasteiger partial charge in [0.1, 0.15) is 5.75 Å². The van der Waals surface area contributed by atoms with Gasteiger partial charge in [-0.2, -0.15) is 0 Å². The molecule has 2 aromatic carbocycles. The van der Waals surface area contributed by atoms with Gasteiger partial charge in [0, 0.05) is 17.1 Å². The smallest absolute Gasteiger partial charge is 0.227 e. The summed E-state index contributed by atoms with van der Waals surface area (Å²) in [5, 5.41) is 1.15. The number of carbonyl (C=O) groups excluding carboxylic acids is 1. The summed E-state index contributed by atoms with van der Waals surface area (Å²) < 4.78 is 5.41. The molecule has 0 spiro atoms. The quantitative estimate of drug-likeness (QED) is 0.707. The van der Waals surface area contributed by atoms with Crippen LogP contribution in [0, 0.1) is 0 Å². The minimum atomic E-state index is -0.134. The highest BCUT2D eigenvalue weighted by atomic mass is 35.5. The summed E-state index contributed by atoms with van der Waals surface area (Å²) in [7, 11) is 1.78. The summed E-state index contributed by atoms with van der Waals surface area (Å²) in [6.45, 7) is 4.52. The minimum absolute atomic E-state index is 0.0256. The minimum Gasteiger partial charge on any atom is -0.494 e. The highest BCUT2D eigenvalue weighted by Gasteiger charge is 2.19. The highest BCUT2D eigenvalue weighted by Crippen LogP contribution is 2.29. The molecule has 2 aromatic rings. The molecule has 3 nitrogen and oxygen atoms in total. The fourth-order valence-corrected chi connectivity index (χ4v) is 3.00. The van der Waals surface area contributed by atoms with Crippen molar-refractivity contribution >= 4 is 29.1 Å². The van der Waals surface area contributed by atoms with Crippen LogP contribution in [0.15, 0.2) is 42.5 Å². The lowest BCUT2D eigenvalue weighted by Gasteiger charge is -2.26. The van der Waals surface area contributed by atoms with E-state index < -0.39 is 0 Å². The molecule has 0 fully saturated rings. The maximum absolute atomic E-state index is 12.5. The Balaban J connectivity index is 2.05. The topological polar surface area (TPSA) is 29.5 Å². The van der Waals surface area contributed by atoms with E-state index in [1.807, 2.05) is 44.2 Å². The second-order valence-corrected chi connectivity index (χ2v) is 6.44. The molecule has 0 aromatic heterocycles. The number of rotatable bonds is 6. The van der Waals surface area contributed by atoms with Gasteiger partial charge >= 0.3 is 0 Å². The van der Waals surface area contributed by atoms with Gasteiger partial charge in [0.25, 0.3) is 0 Å². The van der Waals surface area contributed by atoms with Crippen LogP contribution in [0.5, 0.6) is 5.75 Å². The molecule has 1 atom stereocenters. The molecule has 0 aliphatic heterocycles. The molecule has 0 aliphatic carbocycles. The van der Waals surface area contributed by atoms with E-state index >= 15 is 0 Å². The van der Waals surface area contributed by atoms with E-state index in [1.165, 1.54) is 0 Å². The van der Waals surface area contributed by atoms with E-state index in [-0.39, 0.29) is 11.9 Å². The summed E-state index contributed by atoms with van der Waals surface area (Å²) in [4.78, 5) is 14.2. The fraction of sp³-hybridized carbons (Fsp3) is 0.316. The number of hydrogen-bond donors (Lipinski definition) is 0. The van der Waals surface area contributed by atoms with Crippen LogP contribution in [-0.4, -0.2) is 24.5 Å². The second kappa shape index (κ2) is 8.41. The van der Waals surface area contributed by atoms with E-state index in [0.717, 1.165) is 16.9 Å². The largest absolute Gasteiger partial charge is 0.494 e. The third-order valence-corrected chi connectivity index (χ3v) is 4.54. The Labute approximate surface area is 153 Å². The van der Waals surface area contributed by atoms with Gasteiger partial charge in [-0.15, -0.1) is 0 Å². The van der Waals surface area contributed by atoms with Gasteiger partial charge in [0.15, 0.2) is 0 Å². The van der Waals surface area contributed by atoms with Crippen molar-refractivity contribution in [2.45, 2.75) is 26.3 Å². The average Bonchev–Trinajstić information content (AvgIpc) is 2.55. The molecular weight excluding hydrogens is 345 g/mol. The van der Waals surface area contributed by atoms with Crippen molar-refractivity contribution in [3.8, 4) is 5.75 Å². The number of hydrogen-bond acceptors (Lipinski definition) is 2. The first kappa shape index (κ1) is 18.6. The molecule has 0 saturated carbocycles. The van der Waals surface area contributed by atoms with Gasteiger partial charge in [-0.1, -0.05) is 41.4 Å². The van der Waals surface area contributed by atoms with Crippen LogP contribution in [0.25, 0.3) is 0 Å². The molecule has 24 heavy (non-hydrogen) atoms. The second-order valence-electron chi connectivity index (χ2n) is 5.60. The van der Waals surface area contributed by atoms with Gasteiger partial charge in [-0.05, 0) is 49.2 Å². The van der Waals surface area contributed by atoms with Gasteiger partial charge in [-0.3, -0.25) is 4.79 Å². The maximum atomic E-state index is 12.5. The molecular formula is C19H21Cl2NO2. The number of amides is 1. The van der Waals surface area contributed by atoms with Gasteiger partial charge in [0.05, 0.1) is 19.1 Å². The summed E-state index contributed by atoms with van der Waals surface area (Å²) in [6.07, 6.45) is 0.332. The zero-order valence-corrected chi connectivity index (χ0v) is 15.6. The van der Waals surface area contributed by atoms with E-state index in [4.69, 9.17) is 27.9 Å². The summed E-state index contributed by atoms with van der Waals surface area (Å²) in [5.74, 6) is 0.834. The maximum Gasteiger partial charge on any atom is 0.227 e. The van der Waals surface area contributed by atoms with Crippen molar-refractivity contribution in [2.24, 2.45) is 0 Å². The number of likely N-dealkylation sites (N-methyl/N-ethyl adjacent to an activating group) is 1. The monoisotopic (exact) mass is 365 g/mol. The van der Waals surface area contributed by atoms with Crippen LogP contribution in [0.1, 0.15) is 31.0 Å². The molecule has 0 N–H and O–H groups in total. The van der Waals surface area contributed by atoms with Crippen molar-refractivity contribution in [3.05, 3.63) is 63.6 Å². The van der Waals surface area contributed by atoms with Crippen molar-refractivity contribution in [3.63, 3.8) is 0 Å². The van der Waals surface area contributed by atoms with Crippen LogP contribution >= 0.6 is 23.2 Å². The Kier molecular flexibility index (Phi) is 6.52. The standard InChI is InChI=1S/C19H21Cl2NO2/c1-4-24-16-8-5-14(6-9-16)11-19(23)22(3)13(2)17-10-7-15(20)12-18(17)21/h5-10,12-13H,4,11H2,1-3H3. The first-order chi connectivity index (χ1) is 11.4. The number of ether oxygens (including phenoxy) is 1. The Morgan fingerprint density at radius 2 is 1.83 bits per heavy atom. The Morgan fingerprint density at radius 1 is 1.17 bits per heavy atom. The zero-order valence-electron chi connectivity index (χ0n) is 14.1. The molecule has 5 heteroatoms. The molecule has 1 amide bonds. The first-order valence-corrected chi connectivity index (χ1v) is 8.60. The van der Waals surface area contributed by atoms with E-state index in [0.29, 0.717) is 23.1 Å². The Bertz CT molecular complexity index is 701. The van der Waals surface area contributed by atoms with Gasteiger partial charge in [0.2, 0.25) is 5.91 Å². The summed E-state index contributed by atoms with van der Waals surface area (Å²) in [6, 6.07) is 12.8. The molecule has 128 valence electrons. The molecule has 0 aliphatic rings. The van der Waals surface area contributed by atoms with Gasteiger partial charge in [-0.25, -0.2) is 0 Å². The number of nitrogens with zero attached hydrogens (tertiary/aromatic N) is 1. The number of benzene rings is 2. The zero-order chi connectivity index (χ0) is 17.7. The van der Waals surface area contributed by atoms with Crippen LogP contribution in [0.2, 0.25) is 10.0 Å². The lowest BCUT2D eigenvalue weighted by molar-refractivity contribution is -0.131. The summed E-state index contributed by atoms with van der Waals surface area (Å²) >= 11 is 12.2. The Morgan fingerprint density at radius 3 is 2.42 bits per heavy atom. The van der Waals surface area contributed by atoms with Crippen LogP contribution in [0.4, 0.5) is 0 Å². The molecule has 0 bridgehead atoms. The van der Waals surface area contributed by atoms with Crippen LogP contribution in [0.3, 0.4) is 0 Å². The lowest BCUT2D eigenvalue weighted by Crippen LogP contribution is -2.31. The molecule has 2 rings (SSSR count). The third-order valence-electron chi connectivity index (χ3n) is 3.98. The molecule has 0 saturated heterocycles. The van der Waals surface area contributed by atoms with E-state index in [1.54, 1.807) is 24.1 Å². The normalized spacial score (nSPS) is 11.9. The van der Waals surface area contributed by atoms with Crippen LogP contribution < -0.4 is 4.74 Å². The molecule has 1 unspecified atom stereocenters.